The first-order valence-corrected chi connectivity index (χ1v) is 5.54. The fraction of sp³-hybridized carbons (Fsp3) is 0.571. The number of hydrogen-bond donors (Lipinski definition) is 1. The summed E-state index contributed by atoms with van der Waals surface area (Å²) in [5.41, 5.74) is 0. The van der Waals surface area contributed by atoms with Crippen molar-refractivity contribution < 1.29 is 13.0 Å². The van der Waals surface area contributed by atoms with Gasteiger partial charge in [0.05, 0.1) is 5.75 Å². The minimum Gasteiger partial charge on any atom is -0.356 e. The molecule has 0 saturated carbocycles. The van der Waals surface area contributed by atoms with Crippen LogP contribution in [0.4, 0.5) is 0 Å². The Kier molecular flexibility index (Phi) is 3.16. The second-order valence-electron chi connectivity index (χ2n) is 2.96. The van der Waals surface area contributed by atoms with Crippen LogP contribution in [-0.2, 0) is 10.1 Å². The highest BCUT2D eigenvalue weighted by Crippen LogP contribution is 2.08. The fourth-order valence-electron chi connectivity index (χ4n) is 1.06. The van der Waals surface area contributed by atoms with Gasteiger partial charge in [-0.25, -0.2) is 0 Å². The van der Waals surface area contributed by atoms with Crippen molar-refractivity contribution >= 4 is 10.1 Å². The third-order valence-electron chi connectivity index (χ3n) is 1.64. The molecule has 1 aliphatic rings. The van der Waals surface area contributed by atoms with Gasteiger partial charge in [-0.1, -0.05) is 0 Å². The quantitative estimate of drug-likeness (QED) is 0.660. The van der Waals surface area contributed by atoms with Crippen LogP contribution in [0, 0.1) is 6.67 Å². The topological polar surface area (TPSA) is 60.9 Å². The first-order valence-electron chi connectivity index (χ1n) is 3.93. The van der Waals surface area contributed by atoms with E-state index in [9.17, 15) is 8.42 Å². The van der Waals surface area contributed by atoms with Crippen LogP contribution in [0.5, 0.6) is 0 Å². The molecule has 1 radical (unpaired) electrons. The van der Waals surface area contributed by atoms with Gasteiger partial charge in [-0.3, -0.25) is 4.55 Å². The van der Waals surface area contributed by atoms with Crippen molar-refractivity contribution in [1.29, 1.82) is 0 Å². The van der Waals surface area contributed by atoms with E-state index in [2.05, 4.69) is 0 Å². The molecule has 0 aromatic carbocycles. The Labute approximate surface area is 78.4 Å². The summed E-state index contributed by atoms with van der Waals surface area (Å²) in [7, 11) is -1.92. The SMILES string of the molecule is CN1[CH]N(CCCS(=O)(=O)O)C=C1. The van der Waals surface area contributed by atoms with Gasteiger partial charge in [-0.05, 0) is 6.42 Å². The lowest BCUT2D eigenvalue weighted by molar-refractivity contribution is 0.377. The van der Waals surface area contributed by atoms with Crippen LogP contribution >= 0.6 is 0 Å². The minimum atomic E-state index is -3.81. The summed E-state index contributed by atoms with van der Waals surface area (Å²) in [6, 6.07) is 0. The third kappa shape index (κ3) is 4.14. The van der Waals surface area contributed by atoms with Crippen LogP contribution in [0.25, 0.3) is 0 Å². The predicted octanol–water partition coefficient (Wildman–Crippen LogP) is 0.102. The lowest BCUT2D eigenvalue weighted by Gasteiger charge is -2.15. The summed E-state index contributed by atoms with van der Waals surface area (Å²) in [4.78, 5) is 3.73. The Morgan fingerprint density at radius 3 is 2.54 bits per heavy atom. The zero-order valence-electron chi connectivity index (χ0n) is 7.42. The van der Waals surface area contributed by atoms with Crippen molar-refractivity contribution in [3.05, 3.63) is 19.1 Å². The van der Waals surface area contributed by atoms with E-state index in [1.54, 1.807) is 0 Å². The van der Waals surface area contributed by atoms with Gasteiger partial charge in [0.1, 0.15) is 6.67 Å². The van der Waals surface area contributed by atoms with E-state index in [4.69, 9.17) is 4.55 Å². The fourth-order valence-corrected chi connectivity index (χ4v) is 1.56. The second kappa shape index (κ2) is 3.97. The first kappa shape index (κ1) is 10.3. The molecule has 0 atom stereocenters. The number of hydrogen-bond acceptors (Lipinski definition) is 4. The van der Waals surface area contributed by atoms with E-state index in [1.165, 1.54) is 0 Å². The molecule has 1 aliphatic heterocycles. The van der Waals surface area contributed by atoms with Crippen molar-refractivity contribution in [2.75, 3.05) is 19.3 Å². The molecule has 0 aromatic rings. The van der Waals surface area contributed by atoms with Crippen LogP contribution in [0.3, 0.4) is 0 Å². The van der Waals surface area contributed by atoms with Crippen LogP contribution < -0.4 is 0 Å². The molecule has 6 heteroatoms. The smallest absolute Gasteiger partial charge is 0.264 e. The molecule has 0 spiro atoms. The molecule has 1 rings (SSSR count). The maximum Gasteiger partial charge on any atom is 0.264 e. The molecule has 1 N–H and O–H groups in total. The van der Waals surface area contributed by atoms with Gasteiger partial charge in [0.25, 0.3) is 10.1 Å². The molecule has 0 saturated heterocycles. The van der Waals surface area contributed by atoms with Crippen LogP contribution in [0.1, 0.15) is 6.42 Å². The predicted molar refractivity (Wildman–Crippen MR) is 48.9 cm³/mol. The van der Waals surface area contributed by atoms with Gasteiger partial charge in [-0.15, -0.1) is 0 Å². The molecule has 5 nitrogen and oxygen atoms in total. The zero-order chi connectivity index (χ0) is 9.90. The molecule has 75 valence electrons. The maximum absolute atomic E-state index is 10.4. The van der Waals surface area contributed by atoms with E-state index in [0.29, 0.717) is 13.0 Å². The average Bonchev–Trinajstić information content (AvgIpc) is 2.33. The van der Waals surface area contributed by atoms with Gasteiger partial charge in [-0.2, -0.15) is 8.42 Å². The molecule has 0 fully saturated rings. The van der Waals surface area contributed by atoms with Crippen molar-refractivity contribution in [2.45, 2.75) is 6.42 Å². The second-order valence-corrected chi connectivity index (χ2v) is 4.53. The van der Waals surface area contributed by atoms with Crippen molar-refractivity contribution in [3.8, 4) is 0 Å². The Balaban J connectivity index is 2.18. The van der Waals surface area contributed by atoms with Gasteiger partial charge >= 0.3 is 0 Å². The summed E-state index contributed by atoms with van der Waals surface area (Å²) in [6.07, 6.45) is 4.14. The zero-order valence-corrected chi connectivity index (χ0v) is 8.24. The van der Waals surface area contributed by atoms with Gasteiger partial charge in [0.2, 0.25) is 0 Å². The van der Waals surface area contributed by atoms with E-state index in [0.717, 1.165) is 0 Å². The highest BCUT2D eigenvalue weighted by molar-refractivity contribution is 7.85. The minimum absolute atomic E-state index is 0.186. The van der Waals surface area contributed by atoms with Crippen molar-refractivity contribution in [1.82, 2.24) is 9.80 Å². The molecule has 0 aliphatic carbocycles. The molecule has 0 unspecified atom stereocenters. The summed E-state index contributed by atoms with van der Waals surface area (Å²) in [5.74, 6) is -0.186. The Hall–Kier alpha value is -0.750. The number of rotatable bonds is 4. The first-order chi connectivity index (χ1) is 5.97. The molecular weight excluding hydrogens is 192 g/mol. The van der Waals surface area contributed by atoms with Crippen LogP contribution in [0.15, 0.2) is 12.4 Å². The Morgan fingerprint density at radius 1 is 1.38 bits per heavy atom. The lowest BCUT2D eigenvalue weighted by atomic mass is 10.4. The van der Waals surface area contributed by atoms with Crippen LogP contribution in [0.2, 0.25) is 0 Å². The Morgan fingerprint density at radius 2 is 2.08 bits per heavy atom. The largest absolute Gasteiger partial charge is 0.356 e. The average molecular weight is 205 g/mol. The third-order valence-corrected chi connectivity index (χ3v) is 2.45. The molecule has 0 amide bonds. The van der Waals surface area contributed by atoms with Crippen LogP contribution in [-0.4, -0.2) is 42.1 Å². The molecule has 0 bridgehead atoms. The summed E-state index contributed by atoms with van der Waals surface area (Å²) in [5, 5.41) is 0. The standard InChI is InChI=1S/C7H13N2O3S/c1-8-4-5-9(7-8)3-2-6-13(10,11)12/h4-5,7H,2-3,6H2,1H3,(H,10,11,12). The van der Waals surface area contributed by atoms with E-state index >= 15 is 0 Å². The molecule has 13 heavy (non-hydrogen) atoms. The van der Waals surface area contributed by atoms with E-state index in [1.807, 2.05) is 35.9 Å². The lowest BCUT2D eigenvalue weighted by Crippen LogP contribution is -2.19. The summed E-state index contributed by atoms with van der Waals surface area (Å²) < 4.78 is 29.2. The molecule has 0 aromatic heterocycles. The number of nitrogens with zero attached hydrogens (tertiary/aromatic N) is 2. The molecule has 1 heterocycles. The van der Waals surface area contributed by atoms with Gasteiger partial charge < -0.3 is 9.80 Å². The maximum atomic E-state index is 10.4. The normalized spacial score (nSPS) is 17.1. The van der Waals surface area contributed by atoms with E-state index in [-0.39, 0.29) is 5.75 Å². The van der Waals surface area contributed by atoms with Crippen molar-refractivity contribution in [2.24, 2.45) is 0 Å². The monoisotopic (exact) mass is 205 g/mol. The highest BCUT2D eigenvalue weighted by Gasteiger charge is 2.10. The highest BCUT2D eigenvalue weighted by atomic mass is 32.2. The summed E-state index contributed by atoms with van der Waals surface area (Å²) in [6.45, 7) is 2.45. The van der Waals surface area contributed by atoms with Crippen molar-refractivity contribution in [3.63, 3.8) is 0 Å². The van der Waals surface area contributed by atoms with Gasteiger partial charge in [0.15, 0.2) is 0 Å². The molecular formula is C7H13N2O3S. The van der Waals surface area contributed by atoms with Gasteiger partial charge in [0, 0.05) is 26.0 Å². The summed E-state index contributed by atoms with van der Waals surface area (Å²) >= 11 is 0. The van der Waals surface area contributed by atoms with E-state index < -0.39 is 10.1 Å². The Bertz CT molecular complexity index is 286.